The molecule has 0 aliphatic heterocycles. The second-order valence-electron chi connectivity index (χ2n) is 5.45. The number of carbonyl (C=O) groups is 1. The van der Waals surface area contributed by atoms with Crippen LogP contribution in [-0.2, 0) is 11.3 Å². The Kier molecular flexibility index (Phi) is 4.78. The molecule has 1 aromatic carbocycles. The van der Waals surface area contributed by atoms with Gasteiger partial charge in [0, 0.05) is 12.6 Å². The molecule has 2 heteroatoms. The third kappa shape index (κ3) is 3.69. The van der Waals surface area contributed by atoms with Gasteiger partial charge in [0.15, 0.2) is 0 Å². The zero-order valence-electron chi connectivity index (χ0n) is 11.8. The number of rotatable bonds is 4. The molecule has 1 aromatic rings. The van der Waals surface area contributed by atoms with Crippen molar-refractivity contribution in [3.8, 4) is 0 Å². The van der Waals surface area contributed by atoms with Gasteiger partial charge in [0.2, 0.25) is 5.91 Å². The van der Waals surface area contributed by atoms with Crippen LogP contribution in [0.5, 0.6) is 0 Å². The van der Waals surface area contributed by atoms with Crippen molar-refractivity contribution in [2.24, 2.45) is 0 Å². The van der Waals surface area contributed by atoms with Gasteiger partial charge in [0.05, 0.1) is 0 Å². The molecule has 0 atom stereocenters. The fraction of sp³-hybridized carbons (Fsp3) is 0.471. The number of carbonyl (C=O) groups excluding carboxylic acids is 1. The molecule has 1 aliphatic rings. The summed E-state index contributed by atoms with van der Waals surface area (Å²) in [5.74, 6) is 0.0625. The Hall–Kier alpha value is -1.57. The standard InChI is InChI=1S/C17H23NO/c1-3-17(19)18(16-7-5-4-6-8-16)13-15-11-9-14(2)10-12-15/h3,9-12,16H,1,4-8,13H2,2H3. The van der Waals surface area contributed by atoms with E-state index in [9.17, 15) is 4.79 Å². The Bertz CT molecular complexity index is 429. The zero-order chi connectivity index (χ0) is 13.7. The molecule has 0 radical (unpaired) electrons. The molecule has 2 rings (SSSR count). The lowest BCUT2D eigenvalue weighted by Gasteiger charge is -2.33. The maximum atomic E-state index is 12.1. The first kappa shape index (κ1) is 13.9. The fourth-order valence-corrected chi connectivity index (χ4v) is 2.79. The Morgan fingerprint density at radius 1 is 1.26 bits per heavy atom. The monoisotopic (exact) mass is 257 g/mol. The van der Waals surface area contributed by atoms with Crippen molar-refractivity contribution in [2.75, 3.05) is 0 Å². The molecule has 2 nitrogen and oxygen atoms in total. The molecule has 19 heavy (non-hydrogen) atoms. The average Bonchev–Trinajstić information content (AvgIpc) is 2.47. The van der Waals surface area contributed by atoms with E-state index in [2.05, 4.69) is 37.8 Å². The average molecular weight is 257 g/mol. The summed E-state index contributed by atoms with van der Waals surface area (Å²) in [6.07, 6.45) is 7.48. The first-order chi connectivity index (χ1) is 9.20. The Morgan fingerprint density at radius 3 is 2.47 bits per heavy atom. The Labute approximate surface area is 116 Å². The molecule has 1 fully saturated rings. The molecule has 1 amide bonds. The molecule has 102 valence electrons. The highest BCUT2D eigenvalue weighted by Crippen LogP contribution is 2.24. The van der Waals surface area contributed by atoms with E-state index in [4.69, 9.17) is 0 Å². The van der Waals surface area contributed by atoms with Gasteiger partial charge >= 0.3 is 0 Å². The van der Waals surface area contributed by atoms with Gasteiger partial charge < -0.3 is 4.90 Å². The van der Waals surface area contributed by atoms with Crippen LogP contribution in [0.2, 0.25) is 0 Å². The van der Waals surface area contributed by atoms with Crippen molar-refractivity contribution < 1.29 is 4.79 Å². The van der Waals surface area contributed by atoms with Gasteiger partial charge in [0.1, 0.15) is 0 Å². The van der Waals surface area contributed by atoms with Crippen molar-refractivity contribution in [3.05, 3.63) is 48.0 Å². The predicted molar refractivity (Wildman–Crippen MR) is 78.8 cm³/mol. The second-order valence-corrected chi connectivity index (χ2v) is 5.45. The summed E-state index contributed by atoms with van der Waals surface area (Å²) in [4.78, 5) is 14.1. The molecule has 0 aromatic heterocycles. The first-order valence-electron chi connectivity index (χ1n) is 7.19. The zero-order valence-corrected chi connectivity index (χ0v) is 11.8. The van der Waals surface area contributed by atoms with Crippen molar-refractivity contribution >= 4 is 5.91 Å². The fourth-order valence-electron chi connectivity index (χ4n) is 2.79. The highest BCUT2D eigenvalue weighted by molar-refractivity contribution is 5.87. The minimum absolute atomic E-state index is 0.0625. The van der Waals surface area contributed by atoms with E-state index >= 15 is 0 Å². The number of amides is 1. The summed E-state index contributed by atoms with van der Waals surface area (Å²) in [6.45, 7) is 6.43. The third-order valence-corrected chi connectivity index (χ3v) is 3.95. The summed E-state index contributed by atoms with van der Waals surface area (Å²) >= 11 is 0. The van der Waals surface area contributed by atoms with Crippen LogP contribution in [0.15, 0.2) is 36.9 Å². The largest absolute Gasteiger partial charge is 0.332 e. The van der Waals surface area contributed by atoms with Crippen LogP contribution in [0.3, 0.4) is 0 Å². The minimum Gasteiger partial charge on any atom is -0.332 e. The van der Waals surface area contributed by atoms with Gasteiger partial charge in [-0.15, -0.1) is 0 Å². The Morgan fingerprint density at radius 2 is 1.89 bits per heavy atom. The quantitative estimate of drug-likeness (QED) is 0.750. The van der Waals surface area contributed by atoms with E-state index in [0.717, 1.165) is 12.8 Å². The summed E-state index contributed by atoms with van der Waals surface area (Å²) in [5.41, 5.74) is 2.45. The summed E-state index contributed by atoms with van der Waals surface area (Å²) in [6, 6.07) is 8.82. The number of benzene rings is 1. The number of aryl methyl sites for hydroxylation is 1. The highest BCUT2D eigenvalue weighted by Gasteiger charge is 2.23. The molecular formula is C17H23NO. The van der Waals surface area contributed by atoms with Gasteiger partial charge in [-0.25, -0.2) is 0 Å². The number of nitrogens with zero attached hydrogens (tertiary/aromatic N) is 1. The lowest BCUT2D eigenvalue weighted by atomic mass is 9.93. The second kappa shape index (κ2) is 6.55. The molecule has 0 N–H and O–H groups in total. The van der Waals surface area contributed by atoms with Gasteiger partial charge in [-0.3, -0.25) is 4.79 Å². The van der Waals surface area contributed by atoms with Gasteiger partial charge in [-0.2, -0.15) is 0 Å². The molecule has 0 spiro atoms. The van der Waals surface area contributed by atoms with Crippen molar-refractivity contribution in [3.63, 3.8) is 0 Å². The smallest absolute Gasteiger partial charge is 0.246 e. The van der Waals surface area contributed by atoms with Gasteiger partial charge in [-0.05, 0) is 31.4 Å². The lowest BCUT2D eigenvalue weighted by molar-refractivity contribution is -0.129. The van der Waals surface area contributed by atoms with E-state index < -0.39 is 0 Å². The lowest BCUT2D eigenvalue weighted by Crippen LogP contribution is -2.40. The van der Waals surface area contributed by atoms with Gasteiger partial charge in [-0.1, -0.05) is 55.7 Å². The van der Waals surface area contributed by atoms with E-state index in [1.807, 2.05) is 4.90 Å². The Balaban J connectivity index is 2.10. The normalized spacial score (nSPS) is 16.1. The van der Waals surface area contributed by atoms with Gasteiger partial charge in [0.25, 0.3) is 0 Å². The van der Waals surface area contributed by atoms with Crippen LogP contribution in [0, 0.1) is 6.92 Å². The van der Waals surface area contributed by atoms with E-state index in [1.165, 1.54) is 36.5 Å². The van der Waals surface area contributed by atoms with Crippen LogP contribution in [-0.4, -0.2) is 16.8 Å². The molecule has 0 heterocycles. The maximum absolute atomic E-state index is 12.1. The molecule has 1 aliphatic carbocycles. The topological polar surface area (TPSA) is 20.3 Å². The van der Waals surface area contributed by atoms with Crippen molar-refractivity contribution in [1.82, 2.24) is 4.90 Å². The SMILES string of the molecule is C=CC(=O)N(Cc1ccc(C)cc1)C1CCCCC1. The summed E-state index contributed by atoms with van der Waals surface area (Å²) in [7, 11) is 0. The summed E-state index contributed by atoms with van der Waals surface area (Å²) < 4.78 is 0. The molecule has 0 saturated heterocycles. The van der Waals surface area contributed by atoms with Crippen LogP contribution >= 0.6 is 0 Å². The first-order valence-corrected chi connectivity index (χ1v) is 7.19. The van der Waals surface area contributed by atoms with E-state index in [0.29, 0.717) is 12.6 Å². The number of hydrogen-bond donors (Lipinski definition) is 0. The molecule has 1 saturated carbocycles. The van der Waals surface area contributed by atoms with Crippen LogP contribution in [0.4, 0.5) is 0 Å². The van der Waals surface area contributed by atoms with E-state index in [-0.39, 0.29) is 5.91 Å². The van der Waals surface area contributed by atoms with Crippen LogP contribution in [0.25, 0.3) is 0 Å². The van der Waals surface area contributed by atoms with Crippen molar-refractivity contribution in [2.45, 2.75) is 51.6 Å². The van der Waals surface area contributed by atoms with E-state index in [1.54, 1.807) is 0 Å². The molecule has 0 unspecified atom stereocenters. The van der Waals surface area contributed by atoms with Crippen LogP contribution < -0.4 is 0 Å². The van der Waals surface area contributed by atoms with Crippen molar-refractivity contribution in [1.29, 1.82) is 0 Å². The molecular weight excluding hydrogens is 234 g/mol. The highest BCUT2D eigenvalue weighted by atomic mass is 16.2. The third-order valence-electron chi connectivity index (χ3n) is 3.95. The maximum Gasteiger partial charge on any atom is 0.246 e. The summed E-state index contributed by atoms with van der Waals surface area (Å²) in [5, 5.41) is 0. The van der Waals surface area contributed by atoms with Crippen LogP contribution in [0.1, 0.15) is 43.2 Å². The number of hydrogen-bond acceptors (Lipinski definition) is 1. The predicted octanol–water partition coefficient (Wildman–Crippen LogP) is 3.84. The minimum atomic E-state index is 0.0625. The molecule has 0 bridgehead atoms.